The molecule has 0 amide bonds. The molecular formula is C15H20F2O. The van der Waals surface area contributed by atoms with E-state index >= 15 is 0 Å². The largest absolute Gasteiger partial charge is 0.388 e. The molecule has 0 spiro atoms. The lowest BCUT2D eigenvalue weighted by molar-refractivity contribution is 0.0563. The highest BCUT2D eigenvalue weighted by Crippen LogP contribution is 2.42. The van der Waals surface area contributed by atoms with E-state index in [4.69, 9.17) is 0 Å². The molecule has 1 aromatic carbocycles. The molecule has 1 saturated carbocycles. The maximum atomic E-state index is 13.1. The van der Waals surface area contributed by atoms with Gasteiger partial charge in [0.1, 0.15) is 11.6 Å². The fraction of sp³-hybridized carbons (Fsp3) is 0.600. The monoisotopic (exact) mass is 254 g/mol. The van der Waals surface area contributed by atoms with Crippen molar-refractivity contribution in [3.8, 4) is 0 Å². The highest BCUT2D eigenvalue weighted by Gasteiger charge is 2.31. The van der Waals surface area contributed by atoms with Gasteiger partial charge in [0, 0.05) is 6.07 Å². The zero-order chi connectivity index (χ0) is 13.3. The third kappa shape index (κ3) is 3.08. The number of hydrogen-bond donors (Lipinski definition) is 1. The van der Waals surface area contributed by atoms with Gasteiger partial charge in [-0.1, -0.05) is 13.8 Å². The minimum absolute atomic E-state index is 0.110. The Bertz CT molecular complexity index is 398. The van der Waals surface area contributed by atoms with Crippen LogP contribution in [0, 0.1) is 23.0 Å². The van der Waals surface area contributed by atoms with E-state index in [9.17, 15) is 13.9 Å². The second-order valence-electron chi connectivity index (χ2n) is 6.15. The summed E-state index contributed by atoms with van der Waals surface area (Å²) in [5.74, 6) is -1.14. The van der Waals surface area contributed by atoms with Crippen molar-refractivity contribution in [2.24, 2.45) is 11.3 Å². The summed E-state index contributed by atoms with van der Waals surface area (Å²) < 4.78 is 26.3. The third-order valence-electron chi connectivity index (χ3n) is 4.06. The van der Waals surface area contributed by atoms with Crippen molar-refractivity contribution in [2.75, 3.05) is 0 Å². The van der Waals surface area contributed by atoms with Crippen molar-refractivity contribution in [3.63, 3.8) is 0 Å². The van der Waals surface area contributed by atoms with Gasteiger partial charge in [0.05, 0.1) is 6.10 Å². The SMILES string of the molecule is CC1(C)CCC(C(O)c2cc(F)cc(F)c2)CC1. The normalized spacial score (nSPS) is 21.8. The summed E-state index contributed by atoms with van der Waals surface area (Å²) in [6.45, 7) is 4.44. The van der Waals surface area contributed by atoms with Crippen LogP contribution < -0.4 is 0 Å². The van der Waals surface area contributed by atoms with E-state index in [2.05, 4.69) is 13.8 Å². The van der Waals surface area contributed by atoms with Gasteiger partial charge in [-0.05, 0) is 54.7 Å². The first-order chi connectivity index (χ1) is 8.37. The predicted octanol–water partition coefficient (Wildman–Crippen LogP) is 4.21. The number of hydrogen-bond acceptors (Lipinski definition) is 1. The van der Waals surface area contributed by atoms with Crippen LogP contribution in [0.5, 0.6) is 0 Å². The van der Waals surface area contributed by atoms with E-state index in [0.29, 0.717) is 11.0 Å². The molecule has 3 heteroatoms. The molecule has 1 unspecified atom stereocenters. The fourth-order valence-electron chi connectivity index (χ4n) is 2.76. The van der Waals surface area contributed by atoms with Gasteiger partial charge in [0.15, 0.2) is 0 Å². The summed E-state index contributed by atoms with van der Waals surface area (Å²) in [5.41, 5.74) is 0.681. The van der Waals surface area contributed by atoms with Crippen LogP contribution in [0.15, 0.2) is 18.2 Å². The van der Waals surface area contributed by atoms with Crippen LogP contribution in [0.1, 0.15) is 51.2 Å². The molecule has 1 aliphatic rings. The molecule has 0 radical (unpaired) electrons. The Morgan fingerprint density at radius 1 is 1.11 bits per heavy atom. The van der Waals surface area contributed by atoms with Crippen LogP contribution in [0.4, 0.5) is 8.78 Å². The average molecular weight is 254 g/mol. The van der Waals surface area contributed by atoms with E-state index in [1.807, 2.05) is 0 Å². The van der Waals surface area contributed by atoms with Crippen LogP contribution >= 0.6 is 0 Å². The second-order valence-corrected chi connectivity index (χ2v) is 6.15. The van der Waals surface area contributed by atoms with E-state index in [-0.39, 0.29) is 5.92 Å². The predicted molar refractivity (Wildman–Crippen MR) is 67.1 cm³/mol. The highest BCUT2D eigenvalue weighted by atomic mass is 19.1. The molecule has 0 bridgehead atoms. The van der Waals surface area contributed by atoms with Gasteiger partial charge in [0.25, 0.3) is 0 Å². The topological polar surface area (TPSA) is 20.2 Å². The molecule has 1 atom stereocenters. The number of rotatable bonds is 2. The Labute approximate surface area is 107 Å². The Kier molecular flexibility index (Phi) is 3.71. The first-order valence-electron chi connectivity index (χ1n) is 6.51. The Balaban J connectivity index is 2.09. The molecule has 100 valence electrons. The van der Waals surface area contributed by atoms with E-state index < -0.39 is 17.7 Å². The van der Waals surface area contributed by atoms with Crippen LogP contribution in [-0.2, 0) is 0 Å². The molecule has 18 heavy (non-hydrogen) atoms. The number of aliphatic hydroxyl groups excluding tert-OH is 1. The van der Waals surface area contributed by atoms with E-state index in [1.165, 1.54) is 12.1 Å². The van der Waals surface area contributed by atoms with E-state index in [1.54, 1.807) is 0 Å². The maximum absolute atomic E-state index is 13.1. The Morgan fingerprint density at radius 2 is 1.61 bits per heavy atom. The molecule has 1 fully saturated rings. The molecular weight excluding hydrogens is 234 g/mol. The van der Waals surface area contributed by atoms with Crippen molar-refractivity contribution < 1.29 is 13.9 Å². The summed E-state index contributed by atoms with van der Waals surface area (Å²) in [5, 5.41) is 10.2. The van der Waals surface area contributed by atoms with Crippen LogP contribution in [-0.4, -0.2) is 5.11 Å². The average Bonchev–Trinajstić information content (AvgIpc) is 2.27. The van der Waals surface area contributed by atoms with Crippen molar-refractivity contribution in [1.82, 2.24) is 0 Å². The van der Waals surface area contributed by atoms with Crippen LogP contribution in [0.25, 0.3) is 0 Å². The summed E-state index contributed by atoms with van der Waals surface area (Å²) >= 11 is 0. The van der Waals surface area contributed by atoms with Gasteiger partial charge in [0.2, 0.25) is 0 Å². The van der Waals surface area contributed by atoms with Crippen LogP contribution in [0.3, 0.4) is 0 Å². The van der Waals surface area contributed by atoms with Crippen molar-refractivity contribution in [3.05, 3.63) is 35.4 Å². The van der Waals surface area contributed by atoms with Gasteiger partial charge in [-0.2, -0.15) is 0 Å². The maximum Gasteiger partial charge on any atom is 0.126 e. The molecule has 0 saturated heterocycles. The summed E-state index contributed by atoms with van der Waals surface area (Å²) in [7, 11) is 0. The number of benzene rings is 1. The van der Waals surface area contributed by atoms with Crippen molar-refractivity contribution in [2.45, 2.75) is 45.6 Å². The van der Waals surface area contributed by atoms with Gasteiger partial charge in [-0.15, -0.1) is 0 Å². The molecule has 0 heterocycles. The standard InChI is InChI=1S/C15H20F2O/c1-15(2)5-3-10(4-6-15)14(18)11-7-12(16)9-13(17)8-11/h7-10,14,18H,3-6H2,1-2H3. The molecule has 1 N–H and O–H groups in total. The Morgan fingerprint density at radius 3 is 2.11 bits per heavy atom. The minimum Gasteiger partial charge on any atom is -0.388 e. The molecule has 1 nitrogen and oxygen atoms in total. The smallest absolute Gasteiger partial charge is 0.126 e. The lowest BCUT2D eigenvalue weighted by atomic mass is 9.71. The van der Waals surface area contributed by atoms with E-state index in [0.717, 1.165) is 31.7 Å². The van der Waals surface area contributed by atoms with Crippen molar-refractivity contribution >= 4 is 0 Å². The lowest BCUT2D eigenvalue weighted by Gasteiger charge is -2.36. The van der Waals surface area contributed by atoms with Crippen LogP contribution in [0.2, 0.25) is 0 Å². The van der Waals surface area contributed by atoms with Gasteiger partial charge in [-0.25, -0.2) is 8.78 Å². The van der Waals surface area contributed by atoms with Gasteiger partial charge in [-0.3, -0.25) is 0 Å². The third-order valence-corrected chi connectivity index (χ3v) is 4.06. The summed E-state index contributed by atoms with van der Waals surface area (Å²) in [6, 6.07) is 3.29. The number of halogens is 2. The molecule has 1 aromatic rings. The quantitative estimate of drug-likeness (QED) is 0.838. The first kappa shape index (κ1) is 13.5. The molecule has 0 aromatic heterocycles. The molecule has 0 aliphatic heterocycles. The summed E-state index contributed by atoms with van der Waals surface area (Å²) in [6.07, 6.45) is 3.16. The van der Waals surface area contributed by atoms with Gasteiger partial charge < -0.3 is 5.11 Å². The van der Waals surface area contributed by atoms with Crippen molar-refractivity contribution in [1.29, 1.82) is 0 Å². The second kappa shape index (κ2) is 4.96. The van der Waals surface area contributed by atoms with Gasteiger partial charge >= 0.3 is 0 Å². The lowest BCUT2D eigenvalue weighted by Crippen LogP contribution is -2.25. The zero-order valence-corrected chi connectivity index (χ0v) is 10.9. The number of aliphatic hydroxyl groups is 1. The minimum atomic E-state index is -0.758. The molecule has 2 rings (SSSR count). The zero-order valence-electron chi connectivity index (χ0n) is 10.9. The summed E-state index contributed by atoms with van der Waals surface area (Å²) in [4.78, 5) is 0. The fourth-order valence-corrected chi connectivity index (χ4v) is 2.76. The first-order valence-corrected chi connectivity index (χ1v) is 6.51. The molecule has 1 aliphatic carbocycles. The Hall–Kier alpha value is -0.960. The highest BCUT2D eigenvalue weighted by molar-refractivity contribution is 5.21.